The molecule has 0 spiro atoms. The van der Waals surface area contributed by atoms with Crippen LogP contribution in [0, 0.1) is 17.8 Å². The van der Waals surface area contributed by atoms with Crippen LogP contribution in [0.1, 0.15) is 152 Å². The molecule has 0 bridgehead atoms. The Hall–Kier alpha value is -5.65. The van der Waals surface area contributed by atoms with Gasteiger partial charge < -0.3 is 43.4 Å². The van der Waals surface area contributed by atoms with Gasteiger partial charge in [-0.05, 0) is 161 Å². The molecule has 1 saturated carbocycles. The second kappa shape index (κ2) is 27.8. The zero-order chi connectivity index (χ0) is 50.7. The highest BCUT2D eigenvalue weighted by Crippen LogP contribution is 2.57. The molecular weight excluding hydrogens is 897 g/mol. The van der Waals surface area contributed by atoms with E-state index in [0.717, 1.165) is 54.6 Å². The zero-order valence-corrected chi connectivity index (χ0v) is 43.8. The summed E-state index contributed by atoms with van der Waals surface area (Å²) in [6.45, 7) is 9.67. The average molecular weight is 979 g/mol. The summed E-state index contributed by atoms with van der Waals surface area (Å²) in [5.41, 5.74) is 5.48. The minimum atomic E-state index is -0.775. The Morgan fingerprint density at radius 1 is 0.761 bits per heavy atom. The number of carbonyl (C=O) groups is 3. The third-order valence-corrected chi connectivity index (χ3v) is 15.0. The minimum absolute atomic E-state index is 0.132. The molecule has 6 atom stereocenters. The highest BCUT2D eigenvalue weighted by atomic mass is 16.5. The second-order valence-electron chi connectivity index (χ2n) is 19.7. The number of amides is 2. The number of rotatable bonds is 28. The summed E-state index contributed by atoms with van der Waals surface area (Å²) in [6.07, 6.45) is 19.8. The number of hydrogen-bond acceptors (Lipinski definition) is 10. The molecule has 388 valence electrons. The molecule has 1 heterocycles. The van der Waals surface area contributed by atoms with Gasteiger partial charge in [0, 0.05) is 13.1 Å². The summed E-state index contributed by atoms with van der Waals surface area (Å²) in [5, 5.41) is 3.02. The van der Waals surface area contributed by atoms with Crippen molar-refractivity contribution in [3.8, 4) is 34.5 Å². The molecule has 71 heavy (non-hydrogen) atoms. The summed E-state index contributed by atoms with van der Waals surface area (Å²) in [4.78, 5) is 43.6. The molecule has 2 amide bonds. The predicted molar refractivity (Wildman–Crippen MR) is 279 cm³/mol. The van der Waals surface area contributed by atoms with Crippen molar-refractivity contribution in [3.63, 3.8) is 0 Å². The van der Waals surface area contributed by atoms with Gasteiger partial charge in [-0.15, -0.1) is 0 Å². The van der Waals surface area contributed by atoms with Crippen LogP contribution in [-0.2, 0) is 25.5 Å². The Balaban J connectivity index is 1.00. The van der Waals surface area contributed by atoms with Crippen LogP contribution in [0.2, 0.25) is 0 Å². The largest absolute Gasteiger partial charge is 0.493 e. The normalized spacial score (nSPS) is 20.1. The Bertz CT molecular complexity index is 2230. The van der Waals surface area contributed by atoms with Gasteiger partial charge in [-0.2, -0.15) is 0 Å². The molecule has 6 rings (SSSR count). The first-order valence-corrected chi connectivity index (χ1v) is 26.4. The fourth-order valence-electron chi connectivity index (χ4n) is 11.0. The predicted octanol–water partition coefficient (Wildman–Crippen LogP) is 12.1. The van der Waals surface area contributed by atoms with Crippen molar-refractivity contribution in [3.05, 3.63) is 95.1 Å². The molecular formula is C59H82N2O10. The smallest absolute Gasteiger partial charge is 0.329 e. The molecule has 12 heteroatoms. The number of nitrogens with one attached hydrogen (secondary N) is 1. The van der Waals surface area contributed by atoms with E-state index in [2.05, 4.69) is 24.9 Å². The van der Waals surface area contributed by atoms with Crippen molar-refractivity contribution >= 4 is 17.8 Å². The molecule has 2 aliphatic carbocycles. The number of methoxy groups -OCH3 is 5. The number of fused-ring (bicyclic) bond motifs is 1. The van der Waals surface area contributed by atoms with E-state index in [0.29, 0.717) is 78.8 Å². The van der Waals surface area contributed by atoms with Crippen LogP contribution in [0.4, 0.5) is 0 Å². The number of carbonyl (C=O) groups excluding carboxylic acids is 3. The van der Waals surface area contributed by atoms with E-state index in [1.807, 2.05) is 43.3 Å². The lowest BCUT2D eigenvalue weighted by Gasteiger charge is -2.37. The van der Waals surface area contributed by atoms with Crippen molar-refractivity contribution in [2.24, 2.45) is 17.8 Å². The monoisotopic (exact) mass is 979 g/mol. The third-order valence-electron chi connectivity index (χ3n) is 15.0. The van der Waals surface area contributed by atoms with Crippen molar-refractivity contribution in [1.82, 2.24) is 10.2 Å². The molecule has 1 aliphatic heterocycles. The average Bonchev–Trinajstić information content (AvgIpc) is 4.08. The standard InChI is InChI=1S/C59H82N2O10/c1-9-46(44-37-53(67-6)57(69-8)54(38-44)68-7)58(63)61-34-18-16-26-49(61)59(64)71-50(31-28-42-29-32-51(65-4)52(35-42)66-5)43-23-20-24-45(36-43)70-39-55(62)60-33-17-14-12-10-11-13-15-22-41(3)56-47-25-19-21-40(2)27-30-48(47)56/h20-21,23-24,29,32,35-38,46-50,56H,3,9-19,22,25-28,30-31,33-34,39H2,1-2,4-8H3,(H,60,62)/b40-21-/t46-,47+,48-,49-,50+,56+/m0/s1. The quantitative estimate of drug-likeness (QED) is 0.0426. The first-order chi connectivity index (χ1) is 34.5. The number of piperidine rings is 1. The lowest BCUT2D eigenvalue weighted by Crippen LogP contribution is -2.50. The summed E-state index contributed by atoms with van der Waals surface area (Å²) in [5.74, 6) is 4.25. The van der Waals surface area contributed by atoms with E-state index in [4.69, 9.17) is 33.2 Å². The number of benzene rings is 3. The summed E-state index contributed by atoms with van der Waals surface area (Å²) < 4.78 is 40.3. The highest BCUT2D eigenvalue weighted by Gasteiger charge is 2.49. The third kappa shape index (κ3) is 15.2. The molecule has 2 fully saturated rings. The number of unbranched alkanes of at least 4 members (excludes halogenated alkanes) is 6. The molecule has 3 aromatic rings. The van der Waals surface area contributed by atoms with Crippen molar-refractivity contribution in [2.45, 2.75) is 147 Å². The maximum absolute atomic E-state index is 14.5. The molecule has 0 aromatic heterocycles. The first-order valence-electron chi connectivity index (χ1n) is 26.4. The topological polar surface area (TPSA) is 131 Å². The molecule has 3 aromatic carbocycles. The number of esters is 1. The van der Waals surface area contributed by atoms with Crippen LogP contribution in [0.15, 0.2) is 78.4 Å². The summed E-state index contributed by atoms with van der Waals surface area (Å²) in [7, 11) is 7.83. The fraction of sp³-hybridized carbons (Fsp3) is 0.576. The highest BCUT2D eigenvalue weighted by molar-refractivity contribution is 5.89. The molecule has 0 radical (unpaired) electrons. The Morgan fingerprint density at radius 3 is 2.17 bits per heavy atom. The Labute approximate surface area is 424 Å². The fourth-order valence-corrected chi connectivity index (χ4v) is 11.0. The van der Waals surface area contributed by atoms with Gasteiger partial charge in [0.15, 0.2) is 29.6 Å². The molecule has 1 N–H and O–H groups in total. The maximum atomic E-state index is 14.5. The van der Waals surface area contributed by atoms with Gasteiger partial charge in [-0.25, -0.2) is 4.79 Å². The van der Waals surface area contributed by atoms with Crippen LogP contribution in [0.3, 0.4) is 0 Å². The van der Waals surface area contributed by atoms with E-state index < -0.39 is 24.0 Å². The van der Waals surface area contributed by atoms with E-state index in [-0.39, 0.29) is 18.4 Å². The number of aryl methyl sites for hydroxylation is 1. The SMILES string of the molecule is C=C(CCCCCCCCCNC(=O)COc1cccc([C@@H](CCc2ccc(OC)c(OC)c2)OC(=O)[C@@H]2CCCCN2C(=O)[C@@H](CC)c2cc(OC)c(OC)c(OC)c2)c1)[C@@H]1[C@@H]2CC/C=C(/C)CC[C@@H]21. The van der Waals surface area contributed by atoms with Gasteiger partial charge in [0.1, 0.15) is 17.9 Å². The van der Waals surface area contributed by atoms with E-state index >= 15 is 0 Å². The Morgan fingerprint density at radius 2 is 1.46 bits per heavy atom. The van der Waals surface area contributed by atoms with Crippen LogP contribution in [0.5, 0.6) is 34.5 Å². The van der Waals surface area contributed by atoms with Crippen molar-refractivity contribution in [1.29, 1.82) is 0 Å². The number of nitrogens with zero attached hydrogens (tertiary/aromatic N) is 1. The number of likely N-dealkylation sites (tertiary alicyclic amines) is 1. The van der Waals surface area contributed by atoms with Gasteiger partial charge >= 0.3 is 5.97 Å². The lowest BCUT2D eigenvalue weighted by molar-refractivity contribution is -0.162. The molecule has 1 saturated heterocycles. The molecule has 0 unspecified atom stereocenters. The second-order valence-corrected chi connectivity index (χ2v) is 19.7. The number of hydrogen-bond donors (Lipinski definition) is 1. The number of allylic oxidation sites excluding steroid dienone is 3. The number of ether oxygens (including phenoxy) is 7. The van der Waals surface area contributed by atoms with Crippen LogP contribution >= 0.6 is 0 Å². The van der Waals surface area contributed by atoms with E-state index in [1.54, 1.807) is 64.2 Å². The Kier molecular flexibility index (Phi) is 21.4. The zero-order valence-electron chi connectivity index (χ0n) is 43.8. The minimum Gasteiger partial charge on any atom is -0.493 e. The molecule has 3 aliphatic rings. The van der Waals surface area contributed by atoms with Gasteiger partial charge in [0.05, 0.1) is 41.5 Å². The van der Waals surface area contributed by atoms with E-state index in [1.165, 1.54) is 69.8 Å². The van der Waals surface area contributed by atoms with Crippen molar-refractivity contribution in [2.75, 3.05) is 55.2 Å². The van der Waals surface area contributed by atoms with Gasteiger partial charge in [-0.1, -0.05) is 81.0 Å². The van der Waals surface area contributed by atoms with Gasteiger partial charge in [0.2, 0.25) is 11.7 Å². The summed E-state index contributed by atoms with van der Waals surface area (Å²) in [6, 6.07) is 15.9. The first kappa shape index (κ1) is 54.7. The van der Waals surface area contributed by atoms with Crippen LogP contribution < -0.4 is 33.7 Å². The van der Waals surface area contributed by atoms with Gasteiger partial charge in [-0.3, -0.25) is 9.59 Å². The van der Waals surface area contributed by atoms with Crippen LogP contribution in [-0.4, -0.2) is 84.0 Å². The molecule has 12 nitrogen and oxygen atoms in total. The summed E-state index contributed by atoms with van der Waals surface area (Å²) >= 11 is 0. The van der Waals surface area contributed by atoms with Crippen molar-refractivity contribution < 1.29 is 47.5 Å². The van der Waals surface area contributed by atoms with E-state index in [9.17, 15) is 14.4 Å². The lowest BCUT2D eigenvalue weighted by atomic mass is 9.91. The maximum Gasteiger partial charge on any atom is 0.329 e. The van der Waals surface area contributed by atoms with Crippen LogP contribution in [0.25, 0.3) is 0 Å². The van der Waals surface area contributed by atoms with Gasteiger partial charge in [0.25, 0.3) is 5.91 Å².